The summed E-state index contributed by atoms with van der Waals surface area (Å²) in [6.45, 7) is 0.781. The van der Waals surface area contributed by atoms with Crippen molar-refractivity contribution in [2.45, 2.75) is 38.1 Å². The van der Waals surface area contributed by atoms with Crippen molar-refractivity contribution in [2.24, 2.45) is 0 Å². The molecular formula is C21H20N4O2S2. The van der Waals surface area contributed by atoms with Crippen molar-refractivity contribution in [3.63, 3.8) is 0 Å². The molecule has 3 aromatic heterocycles. The molecule has 1 atom stereocenters. The molecule has 1 saturated heterocycles. The fourth-order valence-electron chi connectivity index (χ4n) is 3.74. The van der Waals surface area contributed by atoms with E-state index in [4.69, 9.17) is 9.51 Å². The first-order valence-corrected chi connectivity index (χ1v) is 11.5. The van der Waals surface area contributed by atoms with E-state index in [1.165, 1.54) is 4.70 Å². The number of nitrogens with zero attached hydrogens (tertiary/aromatic N) is 4. The highest BCUT2D eigenvalue weighted by Crippen LogP contribution is 2.36. The van der Waals surface area contributed by atoms with Crippen LogP contribution in [-0.2, 0) is 11.2 Å². The number of piperidine rings is 1. The summed E-state index contributed by atoms with van der Waals surface area (Å²) in [6, 6.07) is 12.1. The molecule has 5 rings (SSSR count). The third-order valence-electron chi connectivity index (χ3n) is 5.18. The van der Waals surface area contributed by atoms with E-state index in [0.717, 1.165) is 41.2 Å². The third-order valence-corrected chi connectivity index (χ3v) is 7.18. The summed E-state index contributed by atoms with van der Waals surface area (Å²) >= 11 is 3.27. The van der Waals surface area contributed by atoms with Crippen molar-refractivity contribution >= 4 is 38.8 Å². The average Bonchev–Trinajstić information content (AvgIpc) is 3.52. The minimum absolute atomic E-state index is 0.0676. The zero-order valence-electron chi connectivity index (χ0n) is 15.8. The second kappa shape index (κ2) is 8.04. The number of aromatic nitrogens is 3. The molecule has 0 aliphatic carbocycles. The molecule has 8 heteroatoms. The Labute approximate surface area is 176 Å². The topological polar surface area (TPSA) is 72.1 Å². The molecule has 0 saturated carbocycles. The number of para-hydroxylation sites is 1. The van der Waals surface area contributed by atoms with Crippen LogP contribution in [0.2, 0.25) is 0 Å². The number of aryl methyl sites for hydroxylation is 1. The van der Waals surface area contributed by atoms with Crippen molar-refractivity contribution in [1.29, 1.82) is 0 Å². The van der Waals surface area contributed by atoms with Gasteiger partial charge in [-0.2, -0.15) is 4.98 Å². The molecule has 0 radical (unpaired) electrons. The number of fused-ring (bicyclic) bond motifs is 1. The van der Waals surface area contributed by atoms with Gasteiger partial charge in [0.15, 0.2) is 0 Å². The molecule has 0 bridgehead atoms. The summed E-state index contributed by atoms with van der Waals surface area (Å²) in [4.78, 5) is 25.2. The molecule has 6 nitrogen and oxygen atoms in total. The fraction of sp³-hybridized carbons (Fsp3) is 0.333. The van der Waals surface area contributed by atoms with Gasteiger partial charge in [-0.15, -0.1) is 22.7 Å². The highest BCUT2D eigenvalue weighted by atomic mass is 32.1. The predicted octanol–water partition coefficient (Wildman–Crippen LogP) is 5.09. The molecule has 0 N–H and O–H groups in total. The highest BCUT2D eigenvalue weighted by molar-refractivity contribution is 7.18. The summed E-state index contributed by atoms with van der Waals surface area (Å²) in [5.41, 5.74) is 1.01. The number of carbonyl (C=O) groups excluding carboxylic acids is 1. The van der Waals surface area contributed by atoms with Crippen LogP contribution < -0.4 is 0 Å². The number of hydrogen-bond donors (Lipinski definition) is 0. The quantitative estimate of drug-likeness (QED) is 0.446. The number of carbonyl (C=O) groups is 1. The van der Waals surface area contributed by atoms with Crippen molar-refractivity contribution in [1.82, 2.24) is 20.0 Å². The molecular weight excluding hydrogens is 404 g/mol. The molecule has 1 aliphatic heterocycles. The highest BCUT2D eigenvalue weighted by Gasteiger charge is 2.30. The second-order valence-electron chi connectivity index (χ2n) is 7.11. The number of benzene rings is 1. The van der Waals surface area contributed by atoms with Gasteiger partial charge in [0.25, 0.3) is 0 Å². The lowest BCUT2D eigenvalue weighted by molar-refractivity contribution is -0.135. The molecule has 1 fully saturated rings. The van der Waals surface area contributed by atoms with Crippen LogP contribution >= 0.6 is 22.7 Å². The Bertz CT molecular complexity index is 1090. The number of rotatable bonds is 5. The van der Waals surface area contributed by atoms with Gasteiger partial charge < -0.3 is 9.42 Å². The van der Waals surface area contributed by atoms with Crippen LogP contribution in [0.25, 0.3) is 20.9 Å². The maximum absolute atomic E-state index is 13.0. The summed E-state index contributed by atoms with van der Waals surface area (Å²) < 4.78 is 6.52. The lowest BCUT2D eigenvalue weighted by atomic mass is 10.0. The standard InChI is InChI=1S/C21H20N4O2S2/c26-19(11-10-18-23-20(24-27-18)17-9-5-13-28-17)25-12-4-3-7-15(25)21-22-14-6-1-2-8-16(14)29-21/h1-2,5-6,8-9,13,15H,3-4,7,10-12H2/t15-/m1/s1. The van der Waals surface area contributed by atoms with Gasteiger partial charge in [0.2, 0.25) is 17.6 Å². The Kier molecular flexibility index (Phi) is 5.12. The van der Waals surface area contributed by atoms with Gasteiger partial charge >= 0.3 is 0 Å². The summed E-state index contributed by atoms with van der Waals surface area (Å²) in [7, 11) is 0. The number of thiazole rings is 1. The molecule has 4 aromatic rings. The van der Waals surface area contributed by atoms with Crippen LogP contribution in [0.1, 0.15) is 42.6 Å². The van der Waals surface area contributed by atoms with Gasteiger partial charge in [-0.25, -0.2) is 4.98 Å². The van der Waals surface area contributed by atoms with E-state index in [9.17, 15) is 4.79 Å². The maximum atomic E-state index is 13.0. The Hall–Kier alpha value is -2.58. The predicted molar refractivity (Wildman–Crippen MR) is 114 cm³/mol. The van der Waals surface area contributed by atoms with Gasteiger partial charge in [0.05, 0.1) is 21.1 Å². The molecule has 1 aliphatic rings. The minimum Gasteiger partial charge on any atom is -0.339 e. The van der Waals surface area contributed by atoms with E-state index in [0.29, 0.717) is 24.6 Å². The first-order chi connectivity index (χ1) is 14.3. The fourth-order valence-corrected chi connectivity index (χ4v) is 5.50. The molecule has 4 heterocycles. The van der Waals surface area contributed by atoms with Crippen molar-refractivity contribution < 1.29 is 9.32 Å². The Morgan fingerprint density at radius 2 is 2.10 bits per heavy atom. The van der Waals surface area contributed by atoms with Crippen molar-refractivity contribution in [3.8, 4) is 10.7 Å². The zero-order valence-corrected chi connectivity index (χ0v) is 17.4. The van der Waals surface area contributed by atoms with Gasteiger partial charge in [-0.05, 0) is 42.8 Å². The minimum atomic E-state index is 0.0676. The number of thiophene rings is 1. The number of hydrogen-bond acceptors (Lipinski definition) is 7. The van der Waals surface area contributed by atoms with Crippen LogP contribution in [0.3, 0.4) is 0 Å². The normalized spacial score (nSPS) is 17.1. The lowest BCUT2D eigenvalue weighted by Gasteiger charge is -2.34. The summed E-state index contributed by atoms with van der Waals surface area (Å²) in [6.07, 6.45) is 3.96. The van der Waals surface area contributed by atoms with Gasteiger partial charge in [0.1, 0.15) is 5.01 Å². The van der Waals surface area contributed by atoms with Crippen LogP contribution in [0, 0.1) is 0 Å². The zero-order chi connectivity index (χ0) is 19.6. The van der Waals surface area contributed by atoms with E-state index >= 15 is 0 Å². The monoisotopic (exact) mass is 424 g/mol. The van der Waals surface area contributed by atoms with Crippen LogP contribution in [0.15, 0.2) is 46.3 Å². The van der Waals surface area contributed by atoms with Gasteiger partial charge in [-0.3, -0.25) is 4.79 Å². The first-order valence-electron chi connectivity index (χ1n) is 9.79. The van der Waals surface area contributed by atoms with E-state index in [2.05, 4.69) is 16.2 Å². The smallest absolute Gasteiger partial charge is 0.227 e. The SMILES string of the molecule is O=C(CCc1nc(-c2cccs2)no1)N1CCCC[C@@H]1c1nc2ccccc2s1. The molecule has 0 unspecified atom stereocenters. The van der Waals surface area contributed by atoms with Crippen LogP contribution in [0.5, 0.6) is 0 Å². The Balaban J connectivity index is 1.28. The number of likely N-dealkylation sites (tertiary alicyclic amines) is 1. The van der Waals surface area contributed by atoms with E-state index < -0.39 is 0 Å². The largest absolute Gasteiger partial charge is 0.339 e. The molecule has 148 valence electrons. The average molecular weight is 425 g/mol. The summed E-state index contributed by atoms with van der Waals surface area (Å²) in [5.74, 6) is 1.23. The number of amides is 1. The Morgan fingerprint density at radius 1 is 1.17 bits per heavy atom. The molecule has 29 heavy (non-hydrogen) atoms. The second-order valence-corrected chi connectivity index (χ2v) is 9.12. The molecule has 1 aromatic carbocycles. The molecule has 0 spiro atoms. The van der Waals surface area contributed by atoms with Crippen LogP contribution in [0.4, 0.5) is 0 Å². The van der Waals surface area contributed by atoms with Crippen molar-refractivity contribution in [2.75, 3.05) is 6.54 Å². The summed E-state index contributed by atoms with van der Waals surface area (Å²) in [5, 5.41) is 7.05. The first kappa shape index (κ1) is 18.4. The maximum Gasteiger partial charge on any atom is 0.227 e. The third kappa shape index (κ3) is 3.82. The van der Waals surface area contributed by atoms with E-state index in [-0.39, 0.29) is 11.9 Å². The lowest BCUT2D eigenvalue weighted by Crippen LogP contribution is -2.38. The Morgan fingerprint density at radius 3 is 2.97 bits per heavy atom. The molecule has 1 amide bonds. The van der Waals surface area contributed by atoms with Gasteiger partial charge in [-0.1, -0.05) is 23.4 Å². The van der Waals surface area contributed by atoms with Gasteiger partial charge in [0, 0.05) is 19.4 Å². The van der Waals surface area contributed by atoms with Crippen LogP contribution in [-0.4, -0.2) is 32.5 Å². The van der Waals surface area contributed by atoms with E-state index in [1.54, 1.807) is 22.7 Å². The van der Waals surface area contributed by atoms with E-state index in [1.807, 2.05) is 40.6 Å². The van der Waals surface area contributed by atoms with Crippen molar-refractivity contribution in [3.05, 3.63) is 52.7 Å².